The largest absolute Gasteiger partial charge is 0.372 e. The number of nitrogens with one attached hydrogen (secondary N) is 1. The molecule has 112 valence electrons. The topological polar surface area (TPSA) is 50.3 Å². The Hall–Kier alpha value is -1.20. The fourth-order valence-corrected chi connectivity index (χ4v) is 2.55. The van der Waals surface area contributed by atoms with Crippen molar-refractivity contribution in [3.63, 3.8) is 0 Å². The minimum absolute atomic E-state index is 0.230. The second-order valence-electron chi connectivity index (χ2n) is 5.62. The van der Waals surface area contributed by atoms with Crippen LogP contribution in [0.4, 0.5) is 5.95 Å². The molecular formula is C15H26N4O. The summed E-state index contributed by atoms with van der Waals surface area (Å²) in [4.78, 5) is 11.4. The summed E-state index contributed by atoms with van der Waals surface area (Å²) in [5, 5.41) is 3.39. The normalized spacial score (nSPS) is 23.1. The van der Waals surface area contributed by atoms with Gasteiger partial charge in [-0.25, -0.2) is 9.97 Å². The van der Waals surface area contributed by atoms with Gasteiger partial charge in [-0.1, -0.05) is 6.92 Å². The fourth-order valence-electron chi connectivity index (χ4n) is 2.55. The summed E-state index contributed by atoms with van der Waals surface area (Å²) in [6.07, 6.45) is 3.55. The Morgan fingerprint density at radius 1 is 1.35 bits per heavy atom. The van der Waals surface area contributed by atoms with Gasteiger partial charge in [0.15, 0.2) is 0 Å². The summed E-state index contributed by atoms with van der Waals surface area (Å²) in [6.45, 7) is 12.0. The molecule has 20 heavy (non-hydrogen) atoms. The van der Waals surface area contributed by atoms with Crippen LogP contribution in [0.1, 0.15) is 38.4 Å². The summed E-state index contributed by atoms with van der Waals surface area (Å²) in [6, 6.07) is 0. The number of hydrogen-bond acceptors (Lipinski definition) is 5. The predicted molar refractivity (Wildman–Crippen MR) is 81.0 cm³/mol. The van der Waals surface area contributed by atoms with Crippen molar-refractivity contribution >= 4 is 5.95 Å². The van der Waals surface area contributed by atoms with Gasteiger partial charge < -0.3 is 15.0 Å². The van der Waals surface area contributed by atoms with Crippen LogP contribution in [0.3, 0.4) is 0 Å². The zero-order valence-corrected chi connectivity index (χ0v) is 13.0. The van der Waals surface area contributed by atoms with Crippen LogP contribution in [-0.4, -0.2) is 41.8 Å². The zero-order chi connectivity index (χ0) is 14.5. The van der Waals surface area contributed by atoms with Gasteiger partial charge in [-0.05, 0) is 33.7 Å². The van der Waals surface area contributed by atoms with Crippen molar-refractivity contribution in [2.24, 2.45) is 0 Å². The highest BCUT2D eigenvalue weighted by atomic mass is 16.5. The minimum Gasteiger partial charge on any atom is -0.372 e. The highest BCUT2D eigenvalue weighted by Crippen LogP contribution is 2.17. The predicted octanol–water partition coefficient (Wildman–Crippen LogP) is 1.90. The number of ether oxygens (including phenoxy) is 1. The SMILES string of the molecule is CCCNCc1cnc(N2C[C@@H](C)O[C@@H](C)C2)nc1C. The molecule has 5 nitrogen and oxygen atoms in total. The minimum atomic E-state index is 0.230. The van der Waals surface area contributed by atoms with Gasteiger partial charge in [-0.3, -0.25) is 0 Å². The lowest BCUT2D eigenvalue weighted by Gasteiger charge is -2.35. The van der Waals surface area contributed by atoms with E-state index in [2.05, 4.69) is 47.9 Å². The molecule has 0 unspecified atom stereocenters. The highest BCUT2D eigenvalue weighted by Gasteiger charge is 2.24. The summed E-state index contributed by atoms with van der Waals surface area (Å²) >= 11 is 0. The van der Waals surface area contributed by atoms with E-state index in [0.29, 0.717) is 0 Å². The molecule has 0 amide bonds. The number of aromatic nitrogens is 2. The second-order valence-corrected chi connectivity index (χ2v) is 5.62. The van der Waals surface area contributed by atoms with Gasteiger partial charge in [0.25, 0.3) is 0 Å². The molecular weight excluding hydrogens is 252 g/mol. The molecule has 1 aliphatic heterocycles. The smallest absolute Gasteiger partial charge is 0.225 e. The van der Waals surface area contributed by atoms with Gasteiger partial charge in [0.05, 0.1) is 12.2 Å². The molecule has 0 spiro atoms. The molecule has 2 rings (SSSR count). The van der Waals surface area contributed by atoms with E-state index < -0.39 is 0 Å². The van der Waals surface area contributed by atoms with Crippen LogP contribution >= 0.6 is 0 Å². The Bertz CT molecular complexity index is 428. The van der Waals surface area contributed by atoms with Crippen molar-refractivity contribution in [1.29, 1.82) is 0 Å². The van der Waals surface area contributed by atoms with Gasteiger partial charge in [-0.2, -0.15) is 0 Å². The molecule has 1 aliphatic rings. The molecule has 0 radical (unpaired) electrons. The zero-order valence-electron chi connectivity index (χ0n) is 13.0. The van der Waals surface area contributed by atoms with Crippen LogP contribution in [-0.2, 0) is 11.3 Å². The first-order valence-electron chi connectivity index (χ1n) is 7.53. The molecule has 1 fully saturated rings. The van der Waals surface area contributed by atoms with E-state index in [9.17, 15) is 0 Å². The van der Waals surface area contributed by atoms with Gasteiger partial charge in [0.2, 0.25) is 5.95 Å². The van der Waals surface area contributed by atoms with Crippen molar-refractivity contribution in [1.82, 2.24) is 15.3 Å². The van der Waals surface area contributed by atoms with E-state index in [1.54, 1.807) is 0 Å². The summed E-state index contributed by atoms with van der Waals surface area (Å²) < 4.78 is 5.75. The quantitative estimate of drug-likeness (QED) is 0.834. The Labute approximate surface area is 121 Å². The third-order valence-electron chi connectivity index (χ3n) is 3.51. The maximum Gasteiger partial charge on any atom is 0.225 e. The van der Waals surface area contributed by atoms with E-state index in [1.165, 1.54) is 5.56 Å². The van der Waals surface area contributed by atoms with Crippen LogP contribution in [0.2, 0.25) is 0 Å². The number of morpholine rings is 1. The average Bonchev–Trinajstić information content (AvgIpc) is 2.39. The number of hydrogen-bond donors (Lipinski definition) is 1. The van der Waals surface area contributed by atoms with Crippen LogP contribution in [0.15, 0.2) is 6.20 Å². The lowest BCUT2D eigenvalue weighted by molar-refractivity contribution is -0.00573. The molecule has 1 aromatic heterocycles. The number of aryl methyl sites for hydroxylation is 1. The van der Waals surface area contributed by atoms with Crippen molar-refractivity contribution < 1.29 is 4.74 Å². The molecule has 1 saturated heterocycles. The Balaban J connectivity index is 2.04. The Kier molecular flexibility index (Phi) is 5.31. The van der Waals surface area contributed by atoms with Gasteiger partial charge in [0.1, 0.15) is 0 Å². The molecule has 1 N–H and O–H groups in total. The van der Waals surface area contributed by atoms with Crippen molar-refractivity contribution in [2.75, 3.05) is 24.5 Å². The summed E-state index contributed by atoms with van der Waals surface area (Å²) in [7, 11) is 0. The lowest BCUT2D eigenvalue weighted by Crippen LogP contribution is -2.46. The third kappa shape index (κ3) is 3.90. The summed E-state index contributed by atoms with van der Waals surface area (Å²) in [5.41, 5.74) is 2.24. The number of anilines is 1. The Morgan fingerprint density at radius 2 is 2.05 bits per heavy atom. The van der Waals surface area contributed by atoms with Gasteiger partial charge in [-0.15, -0.1) is 0 Å². The van der Waals surface area contributed by atoms with Crippen LogP contribution in [0.5, 0.6) is 0 Å². The third-order valence-corrected chi connectivity index (χ3v) is 3.51. The van der Waals surface area contributed by atoms with Crippen molar-refractivity contribution in [2.45, 2.75) is 52.9 Å². The summed E-state index contributed by atoms with van der Waals surface area (Å²) in [5.74, 6) is 0.823. The van der Waals surface area contributed by atoms with E-state index in [4.69, 9.17) is 4.74 Å². The standard InChI is InChI=1S/C15H26N4O/c1-5-6-16-7-14-8-17-15(18-13(14)4)19-9-11(2)20-12(3)10-19/h8,11-12,16H,5-7,9-10H2,1-4H3/t11-,12+. The van der Waals surface area contributed by atoms with E-state index >= 15 is 0 Å². The molecule has 0 saturated carbocycles. The molecule has 0 aliphatic carbocycles. The van der Waals surface area contributed by atoms with Crippen molar-refractivity contribution in [3.05, 3.63) is 17.5 Å². The van der Waals surface area contributed by atoms with Crippen LogP contribution < -0.4 is 10.2 Å². The van der Waals surface area contributed by atoms with Gasteiger partial charge >= 0.3 is 0 Å². The maximum atomic E-state index is 5.75. The second kappa shape index (κ2) is 6.99. The first-order chi connectivity index (χ1) is 9.60. The van der Waals surface area contributed by atoms with Gasteiger partial charge in [0, 0.05) is 37.1 Å². The van der Waals surface area contributed by atoms with Crippen LogP contribution in [0.25, 0.3) is 0 Å². The van der Waals surface area contributed by atoms with E-state index in [-0.39, 0.29) is 12.2 Å². The lowest BCUT2D eigenvalue weighted by atomic mass is 10.2. The molecule has 2 atom stereocenters. The van der Waals surface area contributed by atoms with Crippen molar-refractivity contribution in [3.8, 4) is 0 Å². The monoisotopic (exact) mass is 278 g/mol. The first-order valence-corrected chi connectivity index (χ1v) is 7.53. The fraction of sp³-hybridized carbons (Fsp3) is 0.733. The van der Waals surface area contributed by atoms with E-state index in [0.717, 1.165) is 44.2 Å². The molecule has 5 heteroatoms. The molecule has 1 aromatic rings. The van der Waals surface area contributed by atoms with E-state index in [1.807, 2.05) is 6.20 Å². The average molecular weight is 278 g/mol. The number of nitrogens with zero attached hydrogens (tertiary/aromatic N) is 3. The molecule has 0 bridgehead atoms. The van der Waals surface area contributed by atoms with Crippen LogP contribution in [0, 0.1) is 6.92 Å². The highest BCUT2D eigenvalue weighted by molar-refractivity contribution is 5.34. The Morgan fingerprint density at radius 3 is 2.65 bits per heavy atom. The first kappa shape index (κ1) is 15.2. The maximum absolute atomic E-state index is 5.75. The number of rotatable bonds is 5. The molecule has 0 aromatic carbocycles. The molecule has 2 heterocycles.